The predicted molar refractivity (Wildman–Crippen MR) is 113 cm³/mol. The second-order valence-electron chi connectivity index (χ2n) is 7.80. The number of nitrogens with zero attached hydrogens (tertiary/aromatic N) is 4. The van der Waals surface area contributed by atoms with Gasteiger partial charge in [0.1, 0.15) is 5.82 Å². The lowest BCUT2D eigenvalue weighted by molar-refractivity contribution is -0.135. The zero-order valence-electron chi connectivity index (χ0n) is 17.0. The maximum atomic E-state index is 13.5. The first-order chi connectivity index (χ1) is 14.0. The summed E-state index contributed by atoms with van der Waals surface area (Å²) < 4.78 is 15.2. The Bertz CT molecular complexity index is 905. The zero-order valence-corrected chi connectivity index (χ0v) is 17.8. The summed E-state index contributed by atoms with van der Waals surface area (Å²) in [5.74, 6) is -0.481. The summed E-state index contributed by atoms with van der Waals surface area (Å²) in [6.07, 6.45) is 4.52. The minimum absolute atomic E-state index is 0. The summed E-state index contributed by atoms with van der Waals surface area (Å²) in [5.41, 5.74) is 1.43. The topological polar surface area (TPSA) is 70.5 Å². The van der Waals surface area contributed by atoms with Crippen LogP contribution in [0.2, 0.25) is 0 Å². The Hall–Kier alpha value is -2.45. The zero-order chi connectivity index (χ0) is 20.4. The Labute approximate surface area is 181 Å². The van der Waals surface area contributed by atoms with Crippen LogP contribution in [-0.2, 0) is 11.8 Å². The van der Waals surface area contributed by atoms with Crippen molar-refractivity contribution in [2.45, 2.75) is 12.3 Å². The van der Waals surface area contributed by atoms with Gasteiger partial charge in [0.2, 0.25) is 5.91 Å². The third-order valence-electron chi connectivity index (χ3n) is 5.85. The van der Waals surface area contributed by atoms with Gasteiger partial charge in [0.25, 0.3) is 5.91 Å². The fourth-order valence-corrected chi connectivity index (χ4v) is 4.30. The number of amides is 2. The maximum Gasteiger partial charge on any atom is 0.254 e. The Kier molecular flexibility index (Phi) is 7.10. The molecule has 0 radical (unpaired) electrons. The number of hydrogen-bond donors (Lipinski definition) is 1. The second-order valence-corrected chi connectivity index (χ2v) is 7.80. The van der Waals surface area contributed by atoms with Crippen LogP contribution in [0.15, 0.2) is 36.7 Å². The van der Waals surface area contributed by atoms with Gasteiger partial charge in [-0.1, -0.05) is 6.07 Å². The molecule has 2 aliphatic rings. The summed E-state index contributed by atoms with van der Waals surface area (Å²) in [6, 6.07) is 5.76. The number of carbonyl (C=O) groups is 2. The van der Waals surface area contributed by atoms with Crippen molar-refractivity contribution in [3.05, 3.63) is 53.6 Å². The molecule has 162 valence electrons. The van der Waals surface area contributed by atoms with Gasteiger partial charge in [-0.2, -0.15) is 5.10 Å². The van der Waals surface area contributed by atoms with Gasteiger partial charge in [0, 0.05) is 64.0 Å². The second kappa shape index (κ2) is 9.57. The first-order valence-corrected chi connectivity index (χ1v) is 10.1. The van der Waals surface area contributed by atoms with Crippen LogP contribution in [0.4, 0.5) is 4.39 Å². The molecule has 2 aliphatic heterocycles. The molecule has 30 heavy (non-hydrogen) atoms. The minimum atomic E-state index is -0.419. The third kappa shape index (κ3) is 4.65. The summed E-state index contributed by atoms with van der Waals surface area (Å²) in [4.78, 5) is 29.5. The van der Waals surface area contributed by atoms with Gasteiger partial charge in [-0.25, -0.2) is 4.39 Å². The first-order valence-electron chi connectivity index (χ1n) is 10.1. The highest BCUT2D eigenvalue weighted by Gasteiger charge is 2.37. The summed E-state index contributed by atoms with van der Waals surface area (Å²) in [6.45, 7) is 3.56. The molecule has 9 heteroatoms. The molecule has 2 saturated heterocycles. The molecule has 1 aromatic heterocycles. The predicted octanol–water partition coefficient (Wildman–Crippen LogP) is 1.66. The average Bonchev–Trinajstić information content (AvgIpc) is 3.29. The van der Waals surface area contributed by atoms with E-state index in [2.05, 4.69) is 10.4 Å². The Morgan fingerprint density at radius 2 is 1.90 bits per heavy atom. The number of hydrogen-bond acceptors (Lipinski definition) is 4. The van der Waals surface area contributed by atoms with Gasteiger partial charge in [-0.05, 0) is 30.2 Å². The van der Waals surface area contributed by atoms with Gasteiger partial charge < -0.3 is 15.1 Å². The average molecular weight is 436 g/mol. The molecule has 4 rings (SSSR count). The van der Waals surface area contributed by atoms with Crippen molar-refractivity contribution in [1.29, 1.82) is 0 Å². The standard InChI is InChI=1S/C21H26FN5O2.ClH/c1-25-14-16(11-24-25)18-12-23-13-19(18)21(29)27-7-3-6-26(8-9-27)20(28)15-4-2-5-17(22)10-15;/h2,4-5,10-11,14,18-19,23H,3,6-9,12-13H2,1H3;1H/t18-,19+;/m1./s1. The van der Waals surface area contributed by atoms with Crippen molar-refractivity contribution < 1.29 is 14.0 Å². The van der Waals surface area contributed by atoms with E-state index in [0.717, 1.165) is 12.1 Å². The van der Waals surface area contributed by atoms with Crippen molar-refractivity contribution in [3.8, 4) is 0 Å². The summed E-state index contributed by atoms with van der Waals surface area (Å²) in [5, 5.41) is 7.57. The molecule has 0 unspecified atom stereocenters. The number of carbonyl (C=O) groups excluding carboxylic acids is 2. The van der Waals surface area contributed by atoms with E-state index in [1.165, 1.54) is 12.1 Å². The van der Waals surface area contributed by atoms with Crippen LogP contribution in [0.5, 0.6) is 0 Å². The number of aryl methyl sites for hydroxylation is 1. The van der Waals surface area contributed by atoms with Crippen LogP contribution < -0.4 is 5.32 Å². The van der Waals surface area contributed by atoms with Crippen LogP contribution in [-0.4, -0.2) is 70.7 Å². The van der Waals surface area contributed by atoms with E-state index < -0.39 is 5.82 Å². The number of halogens is 2. The number of benzene rings is 1. The van der Waals surface area contributed by atoms with Gasteiger partial charge in [0.15, 0.2) is 0 Å². The molecule has 1 N–H and O–H groups in total. The number of nitrogens with one attached hydrogen (secondary N) is 1. The van der Waals surface area contributed by atoms with E-state index in [1.54, 1.807) is 21.7 Å². The highest BCUT2D eigenvalue weighted by atomic mass is 35.5. The fourth-order valence-electron chi connectivity index (χ4n) is 4.30. The molecule has 0 spiro atoms. The Morgan fingerprint density at radius 1 is 1.13 bits per heavy atom. The van der Waals surface area contributed by atoms with Crippen LogP contribution in [0, 0.1) is 11.7 Å². The van der Waals surface area contributed by atoms with Gasteiger partial charge in [-0.15, -0.1) is 12.4 Å². The molecule has 0 saturated carbocycles. The molecule has 0 aliphatic carbocycles. The molecule has 7 nitrogen and oxygen atoms in total. The number of rotatable bonds is 3. The lowest BCUT2D eigenvalue weighted by Gasteiger charge is -2.26. The van der Waals surface area contributed by atoms with Gasteiger partial charge in [-0.3, -0.25) is 14.3 Å². The minimum Gasteiger partial charge on any atom is -0.341 e. The SMILES string of the molecule is Cl.Cn1cc([C@H]2CNC[C@@H]2C(=O)N2CCCN(C(=O)c3cccc(F)c3)CC2)cn1. The van der Waals surface area contributed by atoms with Crippen LogP contribution >= 0.6 is 12.4 Å². The molecule has 2 amide bonds. The van der Waals surface area contributed by atoms with Gasteiger partial charge in [0.05, 0.1) is 12.1 Å². The normalized spacial score (nSPS) is 21.8. The summed E-state index contributed by atoms with van der Waals surface area (Å²) in [7, 11) is 1.88. The van der Waals surface area contributed by atoms with Gasteiger partial charge >= 0.3 is 0 Å². The Balaban J connectivity index is 0.00000256. The Morgan fingerprint density at radius 3 is 2.63 bits per heavy atom. The molecule has 2 aromatic rings. The van der Waals surface area contributed by atoms with Crippen molar-refractivity contribution in [2.24, 2.45) is 13.0 Å². The van der Waals surface area contributed by atoms with Crippen molar-refractivity contribution >= 4 is 24.2 Å². The lowest BCUT2D eigenvalue weighted by Crippen LogP contribution is -2.41. The number of aromatic nitrogens is 2. The fraction of sp³-hybridized carbons (Fsp3) is 0.476. The van der Waals surface area contributed by atoms with Crippen molar-refractivity contribution in [1.82, 2.24) is 24.9 Å². The smallest absolute Gasteiger partial charge is 0.254 e. The van der Waals surface area contributed by atoms with Crippen molar-refractivity contribution in [3.63, 3.8) is 0 Å². The lowest BCUT2D eigenvalue weighted by atomic mass is 9.89. The van der Waals surface area contributed by atoms with E-state index >= 15 is 0 Å². The molecular formula is C21H27ClFN5O2. The molecule has 0 bridgehead atoms. The summed E-state index contributed by atoms with van der Waals surface area (Å²) >= 11 is 0. The van der Waals surface area contributed by atoms with Crippen LogP contribution in [0.1, 0.15) is 28.3 Å². The van der Waals surface area contributed by atoms with Crippen LogP contribution in [0.25, 0.3) is 0 Å². The van der Waals surface area contributed by atoms with E-state index in [9.17, 15) is 14.0 Å². The molecule has 1 aromatic carbocycles. The molecular weight excluding hydrogens is 409 g/mol. The maximum absolute atomic E-state index is 13.5. The largest absolute Gasteiger partial charge is 0.341 e. The molecule has 2 atom stereocenters. The third-order valence-corrected chi connectivity index (χ3v) is 5.85. The molecule has 2 fully saturated rings. The van der Waals surface area contributed by atoms with E-state index in [4.69, 9.17) is 0 Å². The van der Waals surface area contributed by atoms with E-state index in [0.29, 0.717) is 44.7 Å². The van der Waals surface area contributed by atoms with Crippen LogP contribution in [0.3, 0.4) is 0 Å². The monoisotopic (exact) mass is 435 g/mol. The van der Waals surface area contributed by atoms with E-state index in [-0.39, 0.29) is 36.1 Å². The van der Waals surface area contributed by atoms with E-state index in [1.807, 2.05) is 24.3 Å². The highest BCUT2D eigenvalue weighted by molar-refractivity contribution is 5.94. The quantitative estimate of drug-likeness (QED) is 0.796. The highest BCUT2D eigenvalue weighted by Crippen LogP contribution is 2.29. The first kappa shape index (κ1) is 22.2. The van der Waals surface area contributed by atoms with Crippen molar-refractivity contribution in [2.75, 3.05) is 39.3 Å². The molecule has 3 heterocycles.